The molecule has 0 N–H and O–H groups in total. The molecule has 4 aromatic carbocycles. The number of aromatic nitrogens is 2. The van der Waals surface area contributed by atoms with E-state index in [-0.39, 0.29) is 20.1 Å². The zero-order chi connectivity index (χ0) is 23.4. The van der Waals surface area contributed by atoms with Gasteiger partial charge >= 0.3 is 0 Å². The second kappa shape index (κ2) is 8.96. The minimum absolute atomic E-state index is 0. The van der Waals surface area contributed by atoms with Gasteiger partial charge in [-0.25, -0.2) is 0 Å². The Kier molecular flexibility index (Phi) is 5.96. The number of methoxy groups -OCH3 is 1. The van der Waals surface area contributed by atoms with Gasteiger partial charge in [0.15, 0.2) is 0 Å². The average Bonchev–Trinajstić information content (AvgIpc) is 3.29. The van der Waals surface area contributed by atoms with Crippen LogP contribution < -0.4 is 4.74 Å². The molecular weight excluding hydrogens is 609 g/mol. The summed E-state index contributed by atoms with van der Waals surface area (Å²) in [5, 5.41) is 3.48. The topological polar surface area (TPSA) is 26.5 Å². The van der Waals surface area contributed by atoms with E-state index in [1.54, 1.807) is 7.11 Å². The van der Waals surface area contributed by atoms with Gasteiger partial charge in [0.2, 0.25) is 0 Å². The van der Waals surface area contributed by atoms with Crippen molar-refractivity contribution in [3.05, 3.63) is 102 Å². The summed E-state index contributed by atoms with van der Waals surface area (Å²) in [6.07, 6.45) is 2.15. The average molecular weight is 634 g/mol. The number of hydrogen-bond acceptors (Lipinski definition) is 2. The minimum atomic E-state index is 0. The fourth-order valence-corrected chi connectivity index (χ4v) is 5.15. The number of benzene rings is 4. The summed E-state index contributed by atoms with van der Waals surface area (Å²) < 4.78 is 7.58. The predicted molar refractivity (Wildman–Crippen MR) is 141 cm³/mol. The molecule has 0 atom stereocenters. The summed E-state index contributed by atoms with van der Waals surface area (Å²) in [5.41, 5.74) is 10.3. The maximum atomic E-state index is 5.34. The van der Waals surface area contributed by atoms with Gasteiger partial charge < -0.3 is 9.14 Å². The molecule has 1 radical (unpaired) electrons. The number of aryl methyl sites for hydroxylation is 3. The van der Waals surface area contributed by atoms with Crippen molar-refractivity contribution in [2.75, 3.05) is 7.11 Å². The van der Waals surface area contributed by atoms with E-state index in [9.17, 15) is 0 Å². The third kappa shape index (κ3) is 3.74. The molecule has 0 saturated carbocycles. The Morgan fingerprint density at radius 2 is 1.63 bits per heavy atom. The van der Waals surface area contributed by atoms with Crippen molar-refractivity contribution < 1.29 is 24.8 Å². The van der Waals surface area contributed by atoms with E-state index >= 15 is 0 Å². The summed E-state index contributed by atoms with van der Waals surface area (Å²) in [5.74, 6) is 0.839. The van der Waals surface area contributed by atoms with Gasteiger partial charge in [-0.15, -0.1) is 18.2 Å². The second-order valence-corrected chi connectivity index (χ2v) is 8.98. The van der Waals surface area contributed by atoms with Crippen molar-refractivity contribution in [1.29, 1.82) is 0 Å². The SMILES string of the molecule is COc1ccc(-c2cn3c(n2)c2[c-]ccc(-c4ccccc4C)c2c2cc(C)cc(C)c23)cc1.[Ir]. The summed E-state index contributed by atoms with van der Waals surface area (Å²) in [7, 11) is 1.69. The van der Waals surface area contributed by atoms with Crippen LogP contribution >= 0.6 is 0 Å². The molecular formula is C31H25IrN2O-. The van der Waals surface area contributed by atoms with Crippen molar-refractivity contribution in [3.8, 4) is 28.1 Å². The van der Waals surface area contributed by atoms with Crippen LogP contribution in [0.3, 0.4) is 0 Å². The number of nitrogens with zero attached hydrogens (tertiary/aromatic N) is 2. The Balaban J connectivity index is 0.00000253. The monoisotopic (exact) mass is 634 g/mol. The van der Waals surface area contributed by atoms with Gasteiger partial charge in [-0.2, -0.15) is 0 Å². The van der Waals surface area contributed by atoms with Crippen molar-refractivity contribution in [3.63, 3.8) is 0 Å². The van der Waals surface area contributed by atoms with Crippen LogP contribution in [0.15, 0.2) is 79.0 Å². The third-order valence-corrected chi connectivity index (χ3v) is 6.70. The van der Waals surface area contributed by atoms with Crippen molar-refractivity contribution >= 4 is 27.3 Å². The molecule has 0 spiro atoms. The van der Waals surface area contributed by atoms with Crippen molar-refractivity contribution in [2.45, 2.75) is 20.8 Å². The second-order valence-electron chi connectivity index (χ2n) is 8.98. The first kappa shape index (κ1) is 23.3. The van der Waals surface area contributed by atoms with Crippen LogP contribution in [0.5, 0.6) is 5.75 Å². The standard InChI is InChI=1S/C31H25N2O.Ir/c1-19-16-21(3)30-27(17-19)29-25(24-9-6-5-8-20(24)2)10-7-11-26(29)31-32-28(18-33(30)31)22-12-14-23(34-4)15-13-22;/h5-10,12-18H,1-4H3;/q-1;. The number of pyridine rings is 1. The van der Waals surface area contributed by atoms with Crippen LogP contribution in [0.2, 0.25) is 0 Å². The van der Waals surface area contributed by atoms with Gasteiger partial charge in [-0.1, -0.05) is 58.3 Å². The van der Waals surface area contributed by atoms with Gasteiger partial charge in [-0.3, -0.25) is 4.98 Å². The molecule has 0 aliphatic carbocycles. The Hall–Kier alpha value is -3.46. The van der Waals surface area contributed by atoms with Gasteiger partial charge in [-0.05, 0) is 67.1 Å². The normalized spacial score (nSPS) is 11.2. The zero-order valence-electron chi connectivity index (χ0n) is 20.1. The van der Waals surface area contributed by atoms with E-state index in [1.807, 2.05) is 18.2 Å². The van der Waals surface area contributed by atoms with Crippen LogP contribution in [0.25, 0.3) is 49.7 Å². The molecule has 3 nitrogen and oxygen atoms in total. The van der Waals surface area contributed by atoms with Crippen LogP contribution in [0.1, 0.15) is 16.7 Å². The molecule has 35 heavy (non-hydrogen) atoms. The summed E-state index contributed by atoms with van der Waals surface area (Å²) in [4.78, 5) is 5.13. The molecule has 0 aliphatic rings. The van der Waals surface area contributed by atoms with E-state index in [2.05, 4.69) is 92.0 Å². The quantitative estimate of drug-likeness (QED) is 0.148. The van der Waals surface area contributed by atoms with Gasteiger partial charge in [0, 0.05) is 37.4 Å². The number of ether oxygens (including phenoxy) is 1. The molecule has 6 aromatic rings. The smallest absolute Gasteiger partial charge is 0.118 e. The van der Waals surface area contributed by atoms with Gasteiger partial charge in [0.1, 0.15) is 5.75 Å². The first-order chi connectivity index (χ1) is 16.5. The first-order valence-corrected chi connectivity index (χ1v) is 11.5. The minimum Gasteiger partial charge on any atom is -0.497 e. The molecule has 4 heteroatoms. The number of imidazole rings is 1. The molecule has 2 aromatic heterocycles. The Labute approximate surface area is 218 Å². The molecule has 175 valence electrons. The summed E-state index contributed by atoms with van der Waals surface area (Å²) in [6.45, 7) is 6.53. The number of fused-ring (bicyclic) bond motifs is 6. The number of hydrogen-bond donors (Lipinski definition) is 0. The van der Waals surface area contributed by atoms with Crippen LogP contribution in [-0.2, 0) is 20.1 Å². The Bertz CT molecular complexity index is 1710. The van der Waals surface area contributed by atoms with E-state index < -0.39 is 0 Å². The largest absolute Gasteiger partial charge is 0.497 e. The molecule has 0 saturated heterocycles. The Morgan fingerprint density at radius 1 is 0.857 bits per heavy atom. The maximum Gasteiger partial charge on any atom is 0.118 e. The van der Waals surface area contributed by atoms with Gasteiger partial charge in [0.25, 0.3) is 0 Å². The van der Waals surface area contributed by atoms with E-state index in [0.29, 0.717) is 0 Å². The van der Waals surface area contributed by atoms with E-state index in [4.69, 9.17) is 9.72 Å². The van der Waals surface area contributed by atoms with Crippen LogP contribution in [0.4, 0.5) is 0 Å². The fraction of sp³-hybridized carbons (Fsp3) is 0.129. The molecule has 0 amide bonds. The van der Waals surface area contributed by atoms with E-state index in [0.717, 1.165) is 28.0 Å². The van der Waals surface area contributed by atoms with E-state index in [1.165, 1.54) is 44.1 Å². The molecule has 0 fully saturated rings. The molecule has 0 bridgehead atoms. The molecule has 0 aliphatic heterocycles. The first-order valence-electron chi connectivity index (χ1n) is 11.5. The molecule has 2 heterocycles. The van der Waals surface area contributed by atoms with Crippen molar-refractivity contribution in [1.82, 2.24) is 9.38 Å². The van der Waals surface area contributed by atoms with Crippen LogP contribution in [0, 0.1) is 26.8 Å². The molecule has 0 unspecified atom stereocenters. The van der Waals surface area contributed by atoms with Gasteiger partial charge in [0.05, 0.1) is 18.5 Å². The maximum absolute atomic E-state index is 5.34. The third-order valence-electron chi connectivity index (χ3n) is 6.70. The van der Waals surface area contributed by atoms with Crippen LogP contribution in [-0.4, -0.2) is 16.5 Å². The summed E-state index contributed by atoms with van der Waals surface area (Å²) in [6, 6.07) is 29.0. The number of rotatable bonds is 3. The Morgan fingerprint density at radius 3 is 2.37 bits per heavy atom. The summed E-state index contributed by atoms with van der Waals surface area (Å²) >= 11 is 0. The fourth-order valence-electron chi connectivity index (χ4n) is 5.15. The molecule has 6 rings (SSSR count). The van der Waals surface area contributed by atoms with Crippen molar-refractivity contribution in [2.24, 2.45) is 0 Å². The zero-order valence-corrected chi connectivity index (χ0v) is 22.5. The predicted octanol–water partition coefficient (Wildman–Crippen LogP) is 7.71.